The fraction of sp³-hybridized carbons (Fsp3) is 0.375. The number of anilines is 1. The summed E-state index contributed by atoms with van der Waals surface area (Å²) in [6, 6.07) is 12.4. The number of amides is 2. The van der Waals surface area contributed by atoms with Crippen LogP contribution in [0.4, 0.5) is 5.69 Å². The quantitative estimate of drug-likeness (QED) is 0.708. The van der Waals surface area contributed by atoms with Crippen LogP contribution in [0.2, 0.25) is 0 Å². The van der Waals surface area contributed by atoms with Crippen molar-refractivity contribution in [1.82, 2.24) is 4.90 Å². The molecule has 2 aromatic rings. The summed E-state index contributed by atoms with van der Waals surface area (Å²) in [6.07, 6.45) is -0.0114. The first kappa shape index (κ1) is 21.1. The van der Waals surface area contributed by atoms with Gasteiger partial charge in [0.15, 0.2) is 12.4 Å². The van der Waals surface area contributed by atoms with Crippen LogP contribution in [0.15, 0.2) is 42.5 Å². The molecule has 0 aromatic heterocycles. The van der Waals surface area contributed by atoms with Crippen LogP contribution in [-0.4, -0.2) is 54.4 Å². The fourth-order valence-corrected chi connectivity index (χ4v) is 4.11. The minimum Gasteiger partial charge on any atom is -0.482 e. The maximum absolute atomic E-state index is 13.0. The molecule has 0 bridgehead atoms. The SMILES string of the molecule is CC(=O)c1ccc2c(c1)N(Cc1cccc(C(=O)N3CC(C)OC(C)C3)c1)C(=O)CO2. The molecule has 0 saturated carbocycles. The summed E-state index contributed by atoms with van der Waals surface area (Å²) >= 11 is 0. The van der Waals surface area contributed by atoms with Crippen LogP contribution in [0.5, 0.6) is 5.75 Å². The first-order chi connectivity index (χ1) is 14.8. The number of hydrogen-bond donors (Lipinski definition) is 0. The molecule has 2 atom stereocenters. The topological polar surface area (TPSA) is 76.2 Å². The van der Waals surface area contributed by atoms with Gasteiger partial charge in [-0.3, -0.25) is 14.4 Å². The zero-order valence-corrected chi connectivity index (χ0v) is 18.0. The van der Waals surface area contributed by atoms with Gasteiger partial charge < -0.3 is 19.3 Å². The number of morpholine rings is 1. The van der Waals surface area contributed by atoms with Gasteiger partial charge in [0.05, 0.1) is 24.4 Å². The number of carbonyl (C=O) groups is 3. The largest absolute Gasteiger partial charge is 0.482 e. The summed E-state index contributed by atoms with van der Waals surface area (Å²) < 4.78 is 11.2. The second-order valence-electron chi connectivity index (χ2n) is 8.18. The molecule has 2 aliphatic rings. The molecule has 7 heteroatoms. The second-order valence-corrected chi connectivity index (χ2v) is 8.18. The Balaban J connectivity index is 1.58. The Morgan fingerprint density at radius 2 is 1.77 bits per heavy atom. The van der Waals surface area contributed by atoms with Crippen molar-refractivity contribution < 1.29 is 23.9 Å². The van der Waals surface area contributed by atoms with Crippen molar-refractivity contribution in [2.45, 2.75) is 39.5 Å². The second kappa shape index (κ2) is 8.51. The summed E-state index contributed by atoms with van der Waals surface area (Å²) in [5, 5.41) is 0. The summed E-state index contributed by atoms with van der Waals surface area (Å²) in [7, 11) is 0. The molecular weight excluding hydrogens is 396 g/mol. The Morgan fingerprint density at radius 1 is 1.03 bits per heavy atom. The molecule has 0 aliphatic carbocycles. The average Bonchev–Trinajstić information content (AvgIpc) is 2.74. The van der Waals surface area contributed by atoms with Gasteiger partial charge in [-0.15, -0.1) is 0 Å². The maximum atomic E-state index is 13.0. The van der Waals surface area contributed by atoms with E-state index in [0.29, 0.717) is 35.7 Å². The smallest absolute Gasteiger partial charge is 0.265 e. The number of ether oxygens (including phenoxy) is 2. The molecule has 1 fully saturated rings. The molecule has 2 heterocycles. The van der Waals surface area contributed by atoms with Gasteiger partial charge in [0, 0.05) is 24.2 Å². The number of rotatable bonds is 4. The van der Waals surface area contributed by atoms with Crippen molar-refractivity contribution in [3.8, 4) is 5.75 Å². The van der Waals surface area contributed by atoms with Crippen LogP contribution < -0.4 is 9.64 Å². The van der Waals surface area contributed by atoms with Gasteiger partial charge >= 0.3 is 0 Å². The van der Waals surface area contributed by atoms with Gasteiger partial charge in [0.2, 0.25) is 0 Å². The zero-order chi connectivity index (χ0) is 22.1. The third kappa shape index (κ3) is 4.46. The lowest BCUT2D eigenvalue weighted by molar-refractivity contribution is -0.121. The van der Waals surface area contributed by atoms with E-state index in [1.165, 1.54) is 6.92 Å². The van der Waals surface area contributed by atoms with E-state index < -0.39 is 0 Å². The predicted octanol–water partition coefficient (Wildman–Crippen LogP) is 3.06. The number of hydrogen-bond acceptors (Lipinski definition) is 5. The maximum Gasteiger partial charge on any atom is 0.265 e. The van der Waals surface area contributed by atoms with Gasteiger partial charge in [-0.2, -0.15) is 0 Å². The van der Waals surface area contributed by atoms with Gasteiger partial charge in [0.1, 0.15) is 5.75 Å². The summed E-state index contributed by atoms with van der Waals surface area (Å²) in [5.41, 5.74) is 2.49. The van der Waals surface area contributed by atoms with Crippen LogP contribution in [-0.2, 0) is 16.1 Å². The molecule has 0 spiro atoms. The molecule has 2 aliphatic heterocycles. The van der Waals surface area contributed by atoms with Crippen LogP contribution >= 0.6 is 0 Å². The normalized spacial score (nSPS) is 20.8. The Labute approximate surface area is 181 Å². The molecule has 4 rings (SSSR count). The molecule has 1 saturated heterocycles. The van der Waals surface area contributed by atoms with Crippen molar-refractivity contribution in [2.24, 2.45) is 0 Å². The van der Waals surface area contributed by atoms with Crippen molar-refractivity contribution in [1.29, 1.82) is 0 Å². The highest BCUT2D eigenvalue weighted by Crippen LogP contribution is 2.34. The molecule has 2 unspecified atom stereocenters. The fourth-order valence-electron chi connectivity index (χ4n) is 4.11. The minimum atomic E-state index is -0.194. The lowest BCUT2D eigenvalue weighted by Crippen LogP contribution is -2.48. The Bertz CT molecular complexity index is 1020. The molecule has 0 N–H and O–H groups in total. The molecule has 2 aromatic carbocycles. The first-order valence-electron chi connectivity index (χ1n) is 10.4. The molecule has 31 heavy (non-hydrogen) atoms. The molecule has 7 nitrogen and oxygen atoms in total. The minimum absolute atomic E-state index is 0.00572. The Hall–Kier alpha value is -3.19. The molecule has 2 amide bonds. The van der Waals surface area contributed by atoms with Gasteiger partial charge in [-0.05, 0) is 56.7 Å². The van der Waals surface area contributed by atoms with E-state index in [-0.39, 0.29) is 43.0 Å². The molecule has 0 radical (unpaired) electrons. The van der Waals surface area contributed by atoms with Crippen molar-refractivity contribution in [2.75, 3.05) is 24.6 Å². The third-order valence-corrected chi connectivity index (χ3v) is 5.53. The average molecular weight is 422 g/mol. The summed E-state index contributed by atoms with van der Waals surface area (Å²) in [6.45, 7) is 6.74. The monoisotopic (exact) mass is 422 g/mol. The van der Waals surface area contributed by atoms with E-state index in [0.717, 1.165) is 5.56 Å². The van der Waals surface area contributed by atoms with E-state index >= 15 is 0 Å². The van der Waals surface area contributed by atoms with Crippen LogP contribution in [0.1, 0.15) is 47.1 Å². The van der Waals surface area contributed by atoms with Gasteiger partial charge in [-0.25, -0.2) is 0 Å². The van der Waals surface area contributed by atoms with Crippen LogP contribution in [0.3, 0.4) is 0 Å². The number of Topliss-reactive ketones (excluding diaryl/α,β-unsaturated/α-hetero) is 1. The highest BCUT2D eigenvalue weighted by Gasteiger charge is 2.28. The van der Waals surface area contributed by atoms with Crippen molar-refractivity contribution in [3.63, 3.8) is 0 Å². The lowest BCUT2D eigenvalue weighted by Gasteiger charge is -2.35. The van der Waals surface area contributed by atoms with E-state index in [1.807, 2.05) is 36.9 Å². The molecular formula is C24H26N2O5. The number of nitrogens with zero attached hydrogens (tertiary/aromatic N) is 2. The van der Waals surface area contributed by atoms with Crippen LogP contribution in [0.25, 0.3) is 0 Å². The highest BCUT2D eigenvalue weighted by atomic mass is 16.5. The number of fused-ring (bicyclic) bond motifs is 1. The zero-order valence-electron chi connectivity index (χ0n) is 18.0. The first-order valence-corrected chi connectivity index (χ1v) is 10.4. The molecule has 162 valence electrons. The highest BCUT2D eigenvalue weighted by molar-refractivity contribution is 6.01. The van der Waals surface area contributed by atoms with Crippen molar-refractivity contribution in [3.05, 3.63) is 59.2 Å². The lowest BCUT2D eigenvalue weighted by atomic mass is 10.1. The standard InChI is InChI=1S/C24H26N2O5/c1-15-11-25(12-16(2)31-15)24(29)20-6-4-5-18(9-20)13-26-21-10-19(17(3)27)7-8-22(21)30-14-23(26)28/h4-10,15-16H,11-14H2,1-3H3. The van der Waals surface area contributed by atoms with Gasteiger partial charge in [-0.1, -0.05) is 12.1 Å². The predicted molar refractivity (Wildman–Crippen MR) is 115 cm³/mol. The van der Waals surface area contributed by atoms with E-state index in [9.17, 15) is 14.4 Å². The number of ketones is 1. The van der Waals surface area contributed by atoms with Crippen LogP contribution in [0, 0.1) is 0 Å². The summed E-state index contributed by atoms with van der Waals surface area (Å²) in [5.74, 6) is 0.243. The number of benzene rings is 2. The number of carbonyl (C=O) groups excluding carboxylic acids is 3. The third-order valence-electron chi connectivity index (χ3n) is 5.53. The van der Waals surface area contributed by atoms with Gasteiger partial charge in [0.25, 0.3) is 11.8 Å². The van der Waals surface area contributed by atoms with E-state index in [4.69, 9.17) is 9.47 Å². The Kier molecular flexibility index (Phi) is 5.78. The van der Waals surface area contributed by atoms with Crippen molar-refractivity contribution >= 4 is 23.3 Å². The summed E-state index contributed by atoms with van der Waals surface area (Å²) in [4.78, 5) is 40.9. The van der Waals surface area contributed by atoms with E-state index in [1.54, 1.807) is 29.2 Å². The van der Waals surface area contributed by atoms with E-state index in [2.05, 4.69) is 0 Å². The Morgan fingerprint density at radius 3 is 2.48 bits per heavy atom.